The Kier molecular flexibility index (Phi) is 7.64. The number of benzene rings is 2. The predicted molar refractivity (Wildman–Crippen MR) is 113 cm³/mol. The minimum atomic E-state index is -0.175. The Morgan fingerprint density at radius 1 is 1.04 bits per heavy atom. The zero-order valence-electron chi connectivity index (χ0n) is 17.5. The van der Waals surface area contributed by atoms with E-state index in [4.69, 9.17) is 10.5 Å². The Hall–Kier alpha value is -2.33. The molecule has 0 saturated heterocycles. The number of phenolic OH excluding ortho intramolecular Hbond substituents is 1. The van der Waals surface area contributed by atoms with E-state index in [1.807, 2.05) is 19.9 Å². The first-order valence-corrected chi connectivity index (χ1v) is 10.2. The zero-order valence-corrected chi connectivity index (χ0v) is 17.5. The van der Waals surface area contributed by atoms with Crippen LogP contribution in [0, 0.1) is 6.92 Å². The van der Waals surface area contributed by atoms with E-state index in [0.29, 0.717) is 31.7 Å². The first kappa shape index (κ1) is 22.0. The molecule has 0 bridgehead atoms. The Labute approximate surface area is 168 Å². The van der Waals surface area contributed by atoms with Gasteiger partial charge in [-0.3, -0.25) is 4.79 Å². The second-order valence-electron chi connectivity index (χ2n) is 7.28. The van der Waals surface area contributed by atoms with Crippen molar-refractivity contribution >= 4 is 5.97 Å². The van der Waals surface area contributed by atoms with Crippen molar-refractivity contribution in [1.82, 2.24) is 0 Å². The van der Waals surface area contributed by atoms with E-state index in [1.165, 1.54) is 11.1 Å². The quantitative estimate of drug-likeness (QED) is 0.612. The summed E-state index contributed by atoms with van der Waals surface area (Å²) in [5.41, 5.74) is 11.4. The van der Waals surface area contributed by atoms with E-state index >= 15 is 0 Å². The standard InChI is InChI=1S/C24H33NO3/c1-5-24(6-2,20-11-12-22(26)17(4)14-20)21-10-8-18(19(15-21)16-25)9-13-23(27)28-7-3/h8,10-12,14-15,26H,5-7,9,13,16,25H2,1-4H3. The molecular weight excluding hydrogens is 350 g/mol. The van der Waals surface area contributed by atoms with Gasteiger partial charge in [-0.25, -0.2) is 0 Å². The Balaban J connectivity index is 2.42. The molecule has 0 amide bonds. The molecule has 4 nitrogen and oxygen atoms in total. The molecule has 0 spiro atoms. The molecule has 0 aliphatic rings. The minimum absolute atomic E-state index is 0.137. The van der Waals surface area contributed by atoms with Crippen LogP contribution in [0.25, 0.3) is 0 Å². The van der Waals surface area contributed by atoms with E-state index in [9.17, 15) is 9.90 Å². The Morgan fingerprint density at radius 2 is 1.68 bits per heavy atom. The SMILES string of the molecule is CCOC(=O)CCc1ccc(C(CC)(CC)c2ccc(O)c(C)c2)cc1CN. The van der Waals surface area contributed by atoms with E-state index in [2.05, 4.69) is 38.1 Å². The molecule has 0 radical (unpaired) electrons. The molecule has 3 N–H and O–H groups in total. The number of esters is 1. The molecule has 2 rings (SSSR count). The van der Waals surface area contributed by atoms with Gasteiger partial charge in [0.25, 0.3) is 0 Å². The van der Waals surface area contributed by atoms with Crippen molar-refractivity contribution in [3.63, 3.8) is 0 Å². The summed E-state index contributed by atoms with van der Waals surface area (Å²) in [5, 5.41) is 9.93. The normalized spacial score (nSPS) is 11.5. The molecule has 2 aromatic carbocycles. The number of hydrogen-bond donors (Lipinski definition) is 2. The van der Waals surface area contributed by atoms with Crippen LogP contribution in [0.4, 0.5) is 0 Å². The largest absolute Gasteiger partial charge is 0.508 e. The fourth-order valence-corrected chi connectivity index (χ4v) is 4.01. The van der Waals surface area contributed by atoms with Crippen LogP contribution >= 0.6 is 0 Å². The first-order chi connectivity index (χ1) is 13.4. The average molecular weight is 384 g/mol. The highest BCUT2D eigenvalue weighted by Crippen LogP contribution is 2.40. The van der Waals surface area contributed by atoms with E-state index < -0.39 is 0 Å². The van der Waals surface area contributed by atoms with Gasteiger partial charge < -0.3 is 15.6 Å². The number of hydrogen-bond acceptors (Lipinski definition) is 4. The number of aryl methyl sites for hydroxylation is 2. The van der Waals surface area contributed by atoms with Crippen LogP contribution in [-0.2, 0) is 27.9 Å². The Morgan fingerprint density at radius 3 is 2.25 bits per heavy atom. The van der Waals surface area contributed by atoms with Gasteiger partial charge in [-0.15, -0.1) is 0 Å². The van der Waals surface area contributed by atoms with E-state index in [0.717, 1.165) is 29.5 Å². The number of ether oxygens (including phenoxy) is 1. The van der Waals surface area contributed by atoms with Gasteiger partial charge in [-0.2, -0.15) is 0 Å². The molecule has 0 aromatic heterocycles. The van der Waals surface area contributed by atoms with Crippen molar-refractivity contribution in [2.45, 2.75) is 65.3 Å². The third-order valence-electron chi connectivity index (χ3n) is 5.84. The van der Waals surface area contributed by atoms with Crippen molar-refractivity contribution in [1.29, 1.82) is 0 Å². The second-order valence-corrected chi connectivity index (χ2v) is 7.28. The number of carbonyl (C=O) groups is 1. The first-order valence-electron chi connectivity index (χ1n) is 10.2. The molecule has 0 atom stereocenters. The summed E-state index contributed by atoms with van der Waals surface area (Å²) in [6.45, 7) is 8.98. The van der Waals surface area contributed by atoms with Crippen LogP contribution in [0.2, 0.25) is 0 Å². The highest BCUT2D eigenvalue weighted by atomic mass is 16.5. The Bertz CT molecular complexity index is 809. The smallest absolute Gasteiger partial charge is 0.306 e. The summed E-state index contributed by atoms with van der Waals surface area (Å²) in [7, 11) is 0. The number of carbonyl (C=O) groups excluding carboxylic acids is 1. The van der Waals surface area contributed by atoms with E-state index in [-0.39, 0.29) is 11.4 Å². The lowest BCUT2D eigenvalue weighted by Gasteiger charge is -2.34. The van der Waals surface area contributed by atoms with Gasteiger partial charge in [0.2, 0.25) is 0 Å². The van der Waals surface area contributed by atoms with Gasteiger partial charge in [-0.1, -0.05) is 44.2 Å². The number of phenols is 1. The summed E-state index contributed by atoms with van der Waals surface area (Å²) >= 11 is 0. The lowest BCUT2D eigenvalue weighted by molar-refractivity contribution is -0.143. The monoisotopic (exact) mass is 383 g/mol. The third-order valence-corrected chi connectivity index (χ3v) is 5.84. The van der Waals surface area contributed by atoms with Gasteiger partial charge in [0.05, 0.1) is 6.61 Å². The number of aromatic hydroxyl groups is 1. The van der Waals surface area contributed by atoms with Crippen molar-refractivity contribution in [2.24, 2.45) is 5.73 Å². The molecule has 0 heterocycles. The number of rotatable bonds is 9. The minimum Gasteiger partial charge on any atom is -0.508 e. The molecule has 28 heavy (non-hydrogen) atoms. The predicted octanol–water partition coefficient (Wildman–Crippen LogP) is 4.76. The molecular formula is C24H33NO3. The maximum absolute atomic E-state index is 11.7. The lowest BCUT2D eigenvalue weighted by atomic mass is 9.69. The molecule has 0 unspecified atom stereocenters. The maximum Gasteiger partial charge on any atom is 0.306 e. The van der Waals surface area contributed by atoms with Crippen LogP contribution < -0.4 is 5.73 Å². The second kappa shape index (κ2) is 9.74. The molecule has 2 aromatic rings. The highest BCUT2D eigenvalue weighted by Gasteiger charge is 2.31. The van der Waals surface area contributed by atoms with Crippen molar-refractivity contribution in [3.8, 4) is 5.75 Å². The molecule has 0 aliphatic heterocycles. The van der Waals surface area contributed by atoms with Crippen LogP contribution in [-0.4, -0.2) is 17.7 Å². The topological polar surface area (TPSA) is 72.5 Å². The summed E-state index contributed by atoms with van der Waals surface area (Å²) in [6.07, 6.45) is 2.89. The molecule has 0 aliphatic carbocycles. The summed E-state index contributed by atoms with van der Waals surface area (Å²) < 4.78 is 5.04. The van der Waals surface area contributed by atoms with Crippen LogP contribution in [0.1, 0.15) is 67.9 Å². The fourth-order valence-electron chi connectivity index (χ4n) is 4.01. The lowest BCUT2D eigenvalue weighted by Crippen LogP contribution is -2.26. The summed E-state index contributed by atoms with van der Waals surface area (Å²) in [6, 6.07) is 12.3. The molecule has 0 fully saturated rings. The number of nitrogens with two attached hydrogens (primary N) is 1. The van der Waals surface area contributed by atoms with Gasteiger partial charge in [-0.05, 0) is 67.0 Å². The van der Waals surface area contributed by atoms with Crippen LogP contribution in [0.15, 0.2) is 36.4 Å². The van der Waals surface area contributed by atoms with Crippen molar-refractivity contribution in [3.05, 3.63) is 64.2 Å². The van der Waals surface area contributed by atoms with Crippen molar-refractivity contribution < 1.29 is 14.6 Å². The third kappa shape index (κ3) is 4.56. The highest BCUT2D eigenvalue weighted by molar-refractivity contribution is 5.69. The zero-order chi connectivity index (χ0) is 20.7. The van der Waals surface area contributed by atoms with Crippen LogP contribution in [0.3, 0.4) is 0 Å². The molecule has 4 heteroatoms. The summed E-state index contributed by atoms with van der Waals surface area (Å²) in [5.74, 6) is 0.146. The van der Waals surface area contributed by atoms with Gasteiger partial charge in [0, 0.05) is 18.4 Å². The fraction of sp³-hybridized carbons (Fsp3) is 0.458. The maximum atomic E-state index is 11.7. The summed E-state index contributed by atoms with van der Waals surface area (Å²) in [4.78, 5) is 11.7. The van der Waals surface area contributed by atoms with E-state index in [1.54, 1.807) is 6.07 Å². The average Bonchev–Trinajstić information content (AvgIpc) is 2.70. The van der Waals surface area contributed by atoms with Gasteiger partial charge in [0.1, 0.15) is 5.75 Å². The van der Waals surface area contributed by atoms with Crippen molar-refractivity contribution in [2.75, 3.05) is 6.61 Å². The molecule has 152 valence electrons. The van der Waals surface area contributed by atoms with Gasteiger partial charge >= 0.3 is 5.97 Å². The van der Waals surface area contributed by atoms with Gasteiger partial charge in [0.15, 0.2) is 0 Å². The molecule has 0 saturated carbocycles. The van der Waals surface area contributed by atoms with Crippen LogP contribution in [0.5, 0.6) is 5.75 Å².